The third-order valence-corrected chi connectivity index (χ3v) is 4.22. The second-order valence-electron chi connectivity index (χ2n) is 5.77. The van der Waals surface area contributed by atoms with Crippen molar-refractivity contribution in [3.63, 3.8) is 0 Å². The smallest absolute Gasteiger partial charge is 0.246 e. The summed E-state index contributed by atoms with van der Waals surface area (Å²) in [5, 5.41) is 9.22. The number of aliphatic hydroxyl groups excluding tert-OH is 1. The van der Waals surface area contributed by atoms with Crippen LogP contribution in [0, 0.1) is 5.92 Å². The predicted octanol–water partition coefficient (Wildman–Crippen LogP) is 1.87. The van der Waals surface area contributed by atoms with Gasteiger partial charge in [-0.05, 0) is 48.1 Å². The number of hydrogen-bond acceptors (Lipinski definition) is 3. The van der Waals surface area contributed by atoms with Crippen LogP contribution in [-0.2, 0) is 11.2 Å². The molecule has 21 heavy (non-hydrogen) atoms. The molecule has 1 aromatic rings. The monoisotopic (exact) mass is 287 g/mol. The predicted molar refractivity (Wildman–Crippen MR) is 81.1 cm³/mol. The van der Waals surface area contributed by atoms with Gasteiger partial charge in [0.2, 0.25) is 5.91 Å². The minimum Gasteiger partial charge on any atom is -0.493 e. The first-order valence-corrected chi connectivity index (χ1v) is 7.60. The van der Waals surface area contributed by atoms with Crippen molar-refractivity contribution in [2.45, 2.75) is 19.3 Å². The average molecular weight is 287 g/mol. The van der Waals surface area contributed by atoms with Crippen molar-refractivity contribution in [1.29, 1.82) is 0 Å². The van der Waals surface area contributed by atoms with Crippen LogP contribution in [0.15, 0.2) is 24.3 Å². The maximum absolute atomic E-state index is 12.2. The Morgan fingerprint density at radius 2 is 2.38 bits per heavy atom. The Morgan fingerprint density at radius 1 is 1.48 bits per heavy atom. The van der Waals surface area contributed by atoms with Gasteiger partial charge >= 0.3 is 0 Å². The molecule has 1 fully saturated rings. The summed E-state index contributed by atoms with van der Waals surface area (Å²) < 4.78 is 5.48. The third kappa shape index (κ3) is 3.27. The molecule has 0 spiro atoms. The van der Waals surface area contributed by atoms with E-state index in [1.54, 1.807) is 6.08 Å². The SMILES string of the molecule is O=C(/C=C\c1ccc2c(c1)CCO2)N1CCC[C@H](CO)C1. The third-order valence-electron chi connectivity index (χ3n) is 4.22. The van der Waals surface area contributed by atoms with E-state index in [9.17, 15) is 9.90 Å². The van der Waals surface area contributed by atoms with E-state index in [-0.39, 0.29) is 18.4 Å². The molecule has 2 aliphatic rings. The van der Waals surface area contributed by atoms with E-state index in [0.29, 0.717) is 6.54 Å². The number of likely N-dealkylation sites (tertiary alicyclic amines) is 1. The largest absolute Gasteiger partial charge is 0.493 e. The highest BCUT2D eigenvalue weighted by Gasteiger charge is 2.21. The van der Waals surface area contributed by atoms with Gasteiger partial charge in [-0.2, -0.15) is 0 Å². The van der Waals surface area contributed by atoms with Crippen molar-refractivity contribution in [3.8, 4) is 5.75 Å². The van der Waals surface area contributed by atoms with Crippen molar-refractivity contribution < 1.29 is 14.6 Å². The van der Waals surface area contributed by atoms with E-state index in [4.69, 9.17) is 4.74 Å². The molecule has 3 rings (SSSR count). The minimum atomic E-state index is 0.0323. The number of benzene rings is 1. The number of aliphatic hydroxyl groups is 1. The molecular weight excluding hydrogens is 266 g/mol. The molecule has 0 bridgehead atoms. The van der Waals surface area contributed by atoms with Crippen LogP contribution < -0.4 is 4.74 Å². The average Bonchev–Trinajstić information content (AvgIpc) is 3.00. The van der Waals surface area contributed by atoms with Gasteiger partial charge in [0.05, 0.1) is 6.61 Å². The van der Waals surface area contributed by atoms with E-state index >= 15 is 0 Å². The molecule has 0 aromatic heterocycles. The lowest BCUT2D eigenvalue weighted by Crippen LogP contribution is -2.40. The summed E-state index contributed by atoms with van der Waals surface area (Å²) >= 11 is 0. The highest BCUT2D eigenvalue weighted by atomic mass is 16.5. The van der Waals surface area contributed by atoms with Crippen LogP contribution in [0.3, 0.4) is 0 Å². The van der Waals surface area contributed by atoms with Crippen molar-refractivity contribution in [3.05, 3.63) is 35.4 Å². The number of nitrogens with zero attached hydrogens (tertiary/aromatic N) is 1. The van der Waals surface area contributed by atoms with E-state index in [1.807, 2.05) is 23.1 Å². The molecule has 4 nitrogen and oxygen atoms in total. The summed E-state index contributed by atoms with van der Waals surface area (Å²) in [6, 6.07) is 6.02. The van der Waals surface area contributed by atoms with Crippen LogP contribution in [0.1, 0.15) is 24.0 Å². The van der Waals surface area contributed by atoms with Crippen molar-refractivity contribution in [1.82, 2.24) is 4.90 Å². The molecule has 0 radical (unpaired) electrons. The van der Waals surface area contributed by atoms with Gasteiger partial charge in [-0.1, -0.05) is 6.07 Å². The summed E-state index contributed by atoms with van der Waals surface area (Å²) in [4.78, 5) is 14.0. The van der Waals surface area contributed by atoms with Gasteiger partial charge in [0.25, 0.3) is 0 Å². The topological polar surface area (TPSA) is 49.8 Å². The van der Waals surface area contributed by atoms with Crippen LogP contribution >= 0.6 is 0 Å². The van der Waals surface area contributed by atoms with Gasteiger partial charge in [0, 0.05) is 32.2 Å². The summed E-state index contributed by atoms with van der Waals surface area (Å²) in [6.07, 6.45) is 6.42. The Labute approximate surface area is 125 Å². The molecule has 0 unspecified atom stereocenters. The van der Waals surface area contributed by atoms with E-state index in [1.165, 1.54) is 5.56 Å². The fraction of sp³-hybridized carbons (Fsp3) is 0.471. The summed E-state index contributed by atoms with van der Waals surface area (Å²) in [7, 11) is 0. The van der Waals surface area contributed by atoms with Gasteiger partial charge in [-0.15, -0.1) is 0 Å². The molecule has 1 amide bonds. The maximum atomic E-state index is 12.2. The molecule has 0 aliphatic carbocycles. The number of rotatable bonds is 3. The van der Waals surface area contributed by atoms with Gasteiger partial charge in [-0.25, -0.2) is 0 Å². The molecule has 1 saturated heterocycles. The van der Waals surface area contributed by atoms with Crippen molar-refractivity contribution in [2.75, 3.05) is 26.3 Å². The summed E-state index contributed by atoms with van der Waals surface area (Å²) in [5.41, 5.74) is 2.24. The second kappa shape index (κ2) is 6.31. The fourth-order valence-electron chi connectivity index (χ4n) is 3.00. The Hall–Kier alpha value is -1.81. The maximum Gasteiger partial charge on any atom is 0.246 e. The number of amides is 1. The van der Waals surface area contributed by atoms with Gasteiger partial charge < -0.3 is 14.7 Å². The zero-order valence-corrected chi connectivity index (χ0v) is 12.1. The molecule has 1 aromatic carbocycles. The molecule has 112 valence electrons. The van der Waals surface area contributed by atoms with Crippen LogP contribution in [0.4, 0.5) is 0 Å². The first kappa shape index (κ1) is 14.1. The number of hydrogen-bond donors (Lipinski definition) is 1. The quantitative estimate of drug-likeness (QED) is 0.863. The summed E-state index contributed by atoms with van der Waals surface area (Å²) in [6.45, 7) is 2.37. The van der Waals surface area contributed by atoms with Gasteiger partial charge in [-0.3, -0.25) is 4.79 Å². The molecule has 0 saturated carbocycles. The normalized spacial score (nSPS) is 21.4. The van der Waals surface area contributed by atoms with Crippen LogP contribution in [0.5, 0.6) is 5.75 Å². The highest BCUT2D eigenvalue weighted by Crippen LogP contribution is 2.26. The van der Waals surface area contributed by atoms with Crippen LogP contribution in [0.25, 0.3) is 6.08 Å². The lowest BCUT2D eigenvalue weighted by molar-refractivity contribution is -0.127. The molecule has 2 aliphatic heterocycles. The van der Waals surface area contributed by atoms with Crippen LogP contribution in [-0.4, -0.2) is 42.2 Å². The molecule has 4 heteroatoms. The van der Waals surface area contributed by atoms with Crippen molar-refractivity contribution >= 4 is 12.0 Å². The van der Waals surface area contributed by atoms with Gasteiger partial charge in [0.15, 0.2) is 0 Å². The number of fused-ring (bicyclic) bond motifs is 1. The van der Waals surface area contributed by atoms with Gasteiger partial charge in [0.1, 0.15) is 5.75 Å². The standard InChI is InChI=1S/C17H21NO3/c19-12-14-2-1-8-18(11-14)17(20)6-4-13-3-5-16-15(10-13)7-9-21-16/h3-6,10,14,19H,1-2,7-9,11-12H2/b6-4-/t14-/m0/s1. The molecule has 2 heterocycles. The Balaban J connectivity index is 1.64. The molecule has 1 N–H and O–H groups in total. The molecular formula is C17H21NO3. The summed E-state index contributed by atoms with van der Waals surface area (Å²) in [5.74, 6) is 1.22. The Kier molecular flexibility index (Phi) is 4.25. The second-order valence-corrected chi connectivity index (χ2v) is 5.77. The van der Waals surface area contributed by atoms with Crippen molar-refractivity contribution in [2.24, 2.45) is 5.92 Å². The minimum absolute atomic E-state index is 0.0323. The number of ether oxygens (including phenoxy) is 1. The lowest BCUT2D eigenvalue weighted by atomic mass is 9.99. The highest BCUT2D eigenvalue weighted by molar-refractivity contribution is 5.91. The first-order valence-electron chi connectivity index (χ1n) is 7.60. The Morgan fingerprint density at radius 3 is 3.24 bits per heavy atom. The zero-order chi connectivity index (χ0) is 14.7. The van der Waals surface area contributed by atoms with E-state index in [2.05, 4.69) is 6.07 Å². The number of carbonyl (C=O) groups excluding carboxylic acids is 1. The lowest BCUT2D eigenvalue weighted by Gasteiger charge is -2.31. The van der Waals surface area contributed by atoms with Crippen LogP contribution in [0.2, 0.25) is 0 Å². The molecule has 1 atom stereocenters. The van der Waals surface area contributed by atoms with E-state index < -0.39 is 0 Å². The number of carbonyl (C=O) groups is 1. The zero-order valence-electron chi connectivity index (χ0n) is 12.1. The number of piperidine rings is 1. The fourth-order valence-corrected chi connectivity index (χ4v) is 3.00. The Bertz CT molecular complexity index is 553. The van der Waals surface area contributed by atoms with E-state index in [0.717, 1.165) is 43.7 Å². The first-order chi connectivity index (χ1) is 10.3.